The van der Waals surface area contributed by atoms with Crippen LogP contribution in [0.4, 0.5) is 4.39 Å². The largest absolute Gasteiger partial charge is 0.462 e. The van der Waals surface area contributed by atoms with Gasteiger partial charge in [-0.1, -0.05) is 24.6 Å². The van der Waals surface area contributed by atoms with Crippen LogP contribution in [0.1, 0.15) is 49.7 Å². The molecule has 2 aromatic rings. The van der Waals surface area contributed by atoms with Crippen molar-refractivity contribution in [1.82, 2.24) is 14.8 Å². The lowest BCUT2D eigenvalue weighted by Gasteiger charge is -2.40. The summed E-state index contributed by atoms with van der Waals surface area (Å²) in [6.45, 7) is 2.67. The van der Waals surface area contributed by atoms with Crippen molar-refractivity contribution in [3.63, 3.8) is 0 Å². The van der Waals surface area contributed by atoms with Crippen molar-refractivity contribution in [2.24, 2.45) is 5.41 Å². The molecule has 38 heavy (non-hydrogen) atoms. The van der Waals surface area contributed by atoms with Gasteiger partial charge in [-0.2, -0.15) is 0 Å². The van der Waals surface area contributed by atoms with Crippen LogP contribution in [0.2, 0.25) is 0 Å². The zero-order valence-corrected chi connectivity index (χ0v) is 21.8. The number of nitrogens with zero attached hydrogens (tertiary/aromatic N) is 3. The van der Waals surface area contributed by atoms with Gasteiger partial charge in [0.1, 0.15) is 18.5 Å². The summed E-state index contributed by atoms with van der Waals surface area (Å²) in [5, 5.41) is 20.9. The number of piperidine rings is 1. The Balaban J connectivity index is 1.41. The molecule has 2 aliphatic rings. The van der Waals surface area contributed by atoms with Crippen LogP contribution >= 0.6 is 0 Å². The van der Waals surface area contributed by atoms with Crippen LogP contribution in [0, 0.1) is 11.2 Å². The van der Waals surface area contributed by atoms with Crippen LogP contribution in [0.25, 0.3) is 0 Å². The first kappa shape index (κ1) is 28.1. The van der Waals surface area contributed by atoms with Gasteiger partial charge in [0, 0.05) is 32.0 Å². The number of likely N-dealkylation sites (tertiary alicyclic amines) is 1. The molecular weight excluding hydrogens is 489 g/mol. The van der Waals surface area contributed by atoms with Crippen LogP contribution in [0.3, 0.4) is 0 Å². The van der Waals surface area contributed by atoms with Crippen molar-refractivity contribution < 1.29 is 28.9 Å². The van der Waals surface area contributed by atoms with Gasteiger partial charge in [-0.05, 0) is 74.5 Å². The number of hydrogen-bond donors (Lipinski definition) is 2. The van der Waals surface area contributed by atoms with Gasteiger partial charge in [0.05, 0.1) is 17.9 Å². The minimum Gasteiger partial charge on any atom is -0.462 e. The minimum atomic E-state index is -1.24. The number of amides is 1. The third-order valence-electron chi connectivity index (χ3n) is 7.91. The number of cyclic esters (lactones) is 1. The molecular formula is C29H38FN3O5. The molecule has 8 nitrogen and oxygen atoms in total. The summed E-state index contributed by atoms with van der Waals surface area (Å²) in [6.07, 6.45) is 4.55. The molecule has 3 heterocycles. The van der Waals surface area contributed by atoms with Crippen molar-refractivity contribution in [2.75, 3.05) is 32.8 Å². The van der Waals surface area contributed by atoms with Crippen LogP contribution in [-0.4, -0.2) is 81.9 Å². The zero-order chi connectivity index (χ0) is 27.0. The number of halogens is 1. The maximum Gasteiger partial charge on any atom is 0.312 e. The van der Waals surface area contributed by atoms with Gasteiger partial charge >= 0.3 is 5.97 Å². The Hall–Kier alpha value is -2.88. The lowest BCUT2D eigenvalue weighted by Crippen LogP contribution is -2.45. The monoisotopic (exact) mass is 527 g/mol. The molecule has 1 aromatic carbocycles. The van der Waals surface area contributed by atoms with Crippen molar-refractivity contribution in [2.45, 2.75) is 63.7 Å². The molecule has 2 atom stereocenters. The maximum absolute atomic E-state index is 14.1. The average Bonchev–Trinajstić information content (AvgIpc) is 2.94. The van der Waals surface area contributed by atoms with Crippen molar-refractivity contribution in [1.29, 1.82) is 0 Å². The quantitative estimate of drug-likeness (QED) is 0.590. The highest BCUT2D eigenvalue weighted by Gasteiger charge is 2.42. The molecule has 9 heteroatoms. The normalized spacial score (nSPS) is 23.7. The van der Waals surface area contributed by atoms with E-state index in [0.717, 1.165) is 26.1 Å². The lowest BCUT2D eigenvalue weighted by atomic mass is 9.74. The molecule has 206 valence electrons. The van der Waals surface area contributed by atoms with E-state index in [1.807, 2.05) is 12.1 Å². The van der Waals surface area contributed by atoms with Gasteiger partial charge in [0.25, 0.3) is 0 Å². The summed E-state index contributed by atoms with van der Waals surface area (Å²) in [5.41, 5.74) is 0.846. The predicted molar refractivity (Wildman–Crippen MR) is 139 cm³/mol. The van der Waals surface area contributed by atoms with E-state index < -0.39 is 23.4 Å². The Labute approximate surface area is 223 Å². The Morgan fingerprint density at radius 2 is 1.74 bits per heavy atom. The molecule has 2 fully saturated rings. The number of pyridine rings is 1. The van der Waals surface area contributed by atoms with Gasteiger partial charge in [0.15, 0.2) is 0 Å². The highest BCUT2D eigenvalue weighted by Crippen LogP contribution is 2.38. The van der Waals surface area contributed by atoms with Gasteiger partial charge in [-0.25, -0.2) is 4.39 Å². The summed E-state index contributed by atoms with van der Waals surface area (Å²) in [6, 6.07) is 10.2. The summed E-state index contributed by atoms with van der Waals surface area (Å²) < 4.78 is 19.7. The summed E-state index contributed by atoms with van der Waals surface area (Å²) in [5.74, 6) is -0.966. The zero-order valence-electron chi connectivity index (χ0n) is 21.8. The number of aliphatic hydroxyl groups excluding tert-OH is 2. The molecule has 1 amide bonds. The summed E-state index contributed by atoms with van der Waals surface area (Å²) >= 11 is 0. The minimum absolute atomic E-state index is 0.0653. The molecule has 2 aliphatic heterocycles. The molecule has 1 aromatic heterocycles. The Morgan fingerprint density at radius 3 is 2.47 bits per heavy atom. The van der Waals surface area contributed by atoms with E-state index in [4.69, 9.17) is 4.74 Å². The number of carbonyl (C=O) groups excluding carboxylic acids is 2. The highest BCUT2D eigenvalue weighted by atomic mass is 19.1. The van der Waals surface area contributed by atoms with Crippen LogP contribution in [0.5, 0.6) is 0 Å². The highest BCUT2D eigenvalue weighted by molar-refractivity contribution is 5.79. The Kier molecular flexibility index (Phi) is 9.82. The van der Waals surface area contributed by atoms with Crippen molar-refractivity contribution in [3.05, 3.63) is 65.7 Å². The number of carbonyl (C=O) groups is 2. The van der Waals surface area contributed by atoms with Gasteiger partial charge < -0.3 is 19.8 Å². The third-order valence-corrected chi connectivity index (χ3v) is 7.91. The number of esters is 1. The molecule has 0 aliphatic carbocycles. The van der Waals surface area contributed by atoms with E-state index in [0.29, 0.717) is 37.8 Å². The van der Waals surface area contributed by atoms with E-state index in [1.165, 1.54) is 11.6 Å². The van der Waals surface area contributed by atoms with E-state index in [9.17, 15) is 24.2 Å². The summed E-state index contributed by atoms with van der Waals surface area (Å²) in [4.78, 5) is 34.3. The van der Waals surface area contributed by atoms with Crippen LogP contribution < -0.4 is 0 Å². The lowest BCUT2D eigenvalue weighted by molar-refractivity contribution is -0.165. The SMILES string of the molecule is O=C(Cc1ccccc1F)N1CCCCC2(CCN(Cc3ccncc3)CC2)C(=O)OC[C@@H](O)[C@@H](O)CC1. The molecule has 2 N–H and O–H groups in total. The fourth-order valence-electron chi connectivity index (χ4n) is 5.39. The van der Waals surface area contributed by atoms with E-state index in [-0.39, 0.29) is 37.9 Å². The number of aromatic nitrogens is 1. The summed E-state index contributed by atoms with van der Waals surface area (Å²) in [7, 11) is 0. The molecule has 0 saturated carbocycles. The molecule has 4 rings (SSSR count). The first-order chi connectivity index (χ1) is 18.4. The number of aliphatic hydroxyl groups is 2. The van der Waals surface area contributed by atoms with E-state index >= 15 is 0 Å². The standard InChI is InChI=1S/C29H38FN3O5/c30-24-6-2-1-5-23(24)19-27(36)33-15-4-3-10-29(28(37)38-21-26(35)25(34)9-16-33)11-17-32(18-12-29)20-22-7-13-31-14-8-22/h1-2,5-8,13-14,25-26,34-35H,3-4,9-12,15-21H2/t25-,26+/m0/s1. The van der Waals surface area contributed by atoms with Gasteiger partial charge in [-0.15, -0.1) is 0 Å². The molecule has 0 radical (unpaired) electrons. The number of rotatable bonds is 4. The van der Waals surface area contributed by atoms with E-state index in [2.05, 4.69) is 9.88 Å². The number of hydrogen-bond acceptors (Lipinski definition) is 7. The number of benzene rings is 1. The smallest absolute Gasteiger partial charge is 0.312 e. The second-order valence-corrected chi connectivity index (χ2v) is 10.5. The topological polar surface area (TPSA) is 103 Å². The maximum atomic E-state index is 14.1. The molecule has 2 saturated heterocycles. The second-order valence-electron chi connectivity index (χ2n) is 10.5. The van der Waals surface area contributed by atoms with Crippen molar-refractivity contribution >= 4 is 11.9 Å². The van der Waals surface area contributed by atoms with Crippen molar-refractivity contribution in [3.8, 4) is 0 Å². The Bertz CT molecular complexity index is 1060. The van der Waals surface area contributed by atoms with Gasteiger partial charge in [-0.3, -0.25) is 19.5 Å². The van der Waals surface area contributed by atoms with E-state index in [1.54, 1.807) is 35.5 Å². The number of ether oxygens (including phenoxy) is 1. The molecule has 1 spiro atoms. The first-order valence-electron chi connectivity index (χ1n) is 13.5. The van der Waals surface area contributed by atoms with Crippen LogP contribution in [0.15, 0.2) is 48.8 Å². The average molecular weight is 528 g/mol. The van der Waals surface area contributed by atoms with Crippen LogP contribution in [-0.2, 0) is 27.3 Å². The second kappa shape index (κ2) is 13.3. The fraction of sp³-hybridized carbons (Fsp3) is 0.552. The molecule has 0 bridgehead atoms. The predicted octanol–water partition coefficient (Wildman–Crippen LogP) is 2.71. The fourth-order valence-corrected chi connectivity index (χ4v) is 5.39. The third kappa shape index (κ3) is 7.36. The van der Waals surface area contributed by atoms with Gasteiger partial charge in [0.2, 0.25) is 5.91 Å². The molecule has 0 unspecified atom stereocenters. The first-order valence-corrected chi connectivity index (χ1v) is 13.5. The Morgan fingerprint density at radius 1 is 1.00 bits per heavy atom.